The number of hydrogen-bond acceptors (Lipinski definition) is 2. The molecule has 1 aliphatic heterocycles. The lowest BCUT2D eigenvalue weighted by Gasteiger charge is -2.30. The van der Waals surface area contributed by atoms with Crippen molar-refractivity contribution in [2.24, 2.45) is 11.8 Å². The van der Waals surface area contributed by atoms with E-state index in [-0.39, 0.29) is 0 Å². The van der Waals surface area contributed by atoms with E-state index in [1.807, 2.05) is 11.8 Å². The van der Waals surface area contributed by atoms with Gasteiger partial charge in [-0.2, -0.15) is 11.8 Å². The first kappa shape index (κ1) is 11.5. The van der Waals surface area contributed by atoms with Gasteiger partial charge >= 0.3 is 0 Å². The molecule has 0 aromatic rings. The molecule has 0 aromatic heterocycles. The molecule has 2 heteroatoms. The van der Waals surface area contributed by atoms with Crippen LogP contribution in [0.25, 0.3) is 0 Å². The molecule has 1 aliphatic carbocycles. The van der Waals surface area contributed by atoms with E-state index in [9.17, 15) is 4.79 Å². The van der Waals surface area contributed by atoms with Crippen molar-refractivity contribution in [2.75, 3.05) is 5.75 Å². The molecule has 15 heavy (non-hydrogen) atoms. The molecule has 0 N–H and O–H groups in total. The van der Waals surface area contributed by atoms with Gasteiger partial charge in [0.15, 0.2) is 0 Å². The molecule has 0 spiro atoms. The Balaban J connectivity index is 1.88. The van der Waals surface area contributed by atoms with Crippen molar-refractivity contribution in [1.29, 1.82) is 0 Å². The minimum Gasteiger partial charge on any atom is -0.298 e. The zero-order valence-corrected chi connectivity index (χ0v) is 10.5. The van der Waals surface area contributed by atoms with E-state index in [4.69, 9.17) is 0 Å². The molecule has 86 valence electrons. The fourth-order valence-corrected chi connectivity index (χ4v) is 4.27. The molecular formula is C13H22OS. The van der Waals surface area contributed by atoms with Crippen LogP contribution in [0.5, 0.6) is 0 Å². The van der Waals surface area contributed by atoms with Crippen molar-refractivity contribution in [2.45, 2.75) is 57.1 Å². The van der Waals surface area contributed by atoms with Gasteiger partial charge in [-0.15, -0.1) is 0 Å². The molecule has 2 rings (SSSR count). The van der Waals surface area contributed by atoms with E-state index in [0.717, 1.165) is 18.8 Å². The van der Waals surface area contributed by atoms with Crippen LogP contribution in [0.15, 0.2) is 0 Å². The minimum atomic E-state index is 0.356. The van der Waals surface area contributed by atoms with Gasteiger partial charge in [0, 0.05) is 5.92 Å². The average molecular weight is 226 g/mol. The number of Topliss-reactive ketones (excluding diaryl/α,β-unsaturated/α-hetero) is 1. The highest BCUT2D eigenvalue weighted by molar-refractivity contribution is 8.00. The van der Waals surface area contributed by atoms with Gasteiger partial charge < -0.3 is 0 Å². The molecule has 1 saturated carbocycles. The summed E-state index contributed by atoms with van der Waals surface area (Å²) in [6.07, 6.45) is 8.67. The van der Waals surface area contributed by atoms with Gasteiger partial charge in [0.05, 0.1) is 5.25 Å². The van der Waals surface area contributed by atoms with E-state index in [0.29, 0.717) is 17.0 Å². The molecule has 2 aliphatic rings. The van der Waals surface area contributed by atoms with E-state index >= 15 is 0 Å². The van der Waals surface area contributed by atoms with Crippen LogP contribution in [-0.2, 0) is 4.79 Å². The van der Waals surface area contributed by atoms with Crippen LogP contribution < -0.4 is 0 Å². The van der Waals surface area contributed by atoms with Crippen molar-refractivity contribution < 1.29 is 4.79 Å². The third-order valence-corrected chi connectivity index (χ3v) is 5.23. The number of hydrogen-bond donors (Lipinski definition) is 0. The van der Waals surface area contributed by atoms with Crippen molar-refractivity contribution in [1.82, 2.24) is 0 Å². The highest BCUT2D eigenvalue weighted by atomic mass is 32.2. The van der Waals surface area contributed by atoms with Crippen LogP contribution >= 0.6 is 11.8 Å². The van der Waals surface area contributed by atoms with Crippen LogP contribution in [0.4, 0.5) is 0 Å². The zero-order valence-electron chi connectivity index (χ0n) is 9.71. The highest BCUT2D eigenvalue weighted by Crippen LogP contribution is 2.34. The predicted molar refractivity (Wildman–Crippen MR) is 66.2 cm³/mol. The first-order chi connectivity index (χ1) is 7.27. The fourth-order valence-electron chi connectivity index (χ4n) is 2.92. The van der Waals surface area contributed by atoms with Crippen molar-refractivity contribution in [3.63, 3.8) is 0 Å². The maximum Gasteiger partial charge on any atom is 0.148 e. The Bertz CT molecular complexity index is 221. The Hall–Kier alpha value is 0.0200. The summed E-state index contributed by atoms with van der Waals surface area (Å²) in [6, 6.07) is 0. The molecule has 1 heterocycles. The van der Waals surface area contributed by atoms with Gasteiger partial charge in [-0.25, -0.2) is 0 Å². The van der Waals surface area contributed by atoms with Crippen LogP contribution in [0.2, 0.25) is 0 Å². The van der Waals surface area contributed by atoms with E-state index < -0.39 is 0 Å². The summed E-state index contributed by atoms with van der Waals surface area (Å²) in [5.41, 5.74) is 0. The SMILES string of the molecule is CC1CCCC(C(=O)C2CCCCS2)C1. The average Bonchev–Trinajstić information content (AvgIpc) is 2.29. The van der Waals surface area contributed by atoms with E-state index in [1.165, 1.54) is 37.9 Å². The lowest BCUT2D eigenvalue weighted by atomic mass is 9.79. The summed E-state index contributed by atoms with van der Waals surface area (Å²) >= 11 is 1.92. The van der Waals surface area contributed by atoms with Gasteiger partial charge in [-0.3, -0.25) is 4.79 Å². The molecule has 0 aromatic carbocycles. The molecule has 0 radical (unpaired) electrons. The van der Waals surface area contributed by atoms with Crippen LogP contribution in [0.1, 0.15) is 51.9 Å². The Morgan fingerprint density at radius 1 is 1.13 bits per heavy atom. The Morgan fingerprint density at radius 2 is 2.00 bits per heavy atom. The highest BCUT2D eigenvalue weighted by Gasteiger charge is 2.31. The maximum atomic E-state index is 12.3. The molecule has 2 fully saturated rings. The summed E-state index contributed by atoms with van der Waals surface area (Å²) in [4.78, 5) is 12.3. The van der Waals surface area contributed by atoms with Crippen molar-refractivity contribution in [3.05, 3.63) is 0 Å². The summed E-state index contributed by atoms with van der Waals surface area (Å²) in [5.74, 6) is 2.98. The molecule has 0 bridgehead atoms. The third kappa shape index (κ3) is 2.99. The standard InChI is InChI=1S/C13H22OS/c1-10-5-4-6-11(9-10)13(14)12-7-2-3-8-15-12/h10-12H,2-9H2,1H3. The summed E-state index contributed by atoms with van der Waals surface area (Å²) in [5, 5.41) is 0.356. The van der Waals surface area contributed by atoms with Gasteiger partial charge in [0.2, 0.25) is 0 Å². The molecule has 3 atom stereocenters. The van der Waals surface area contributed by atoms with Crippen molar-refractivity contribution >= 4 is 17.5 Å². The second-order valence-electron chi connectivity index (χ2n) is 5.23. The smallest absolute Gasteiger partial charge is 0.148 e. The van der Waals surface area contributed by atoms with Crippen LogP contribution in [-0.4, -0.2) is 16.8 Å². The number of carbonyl (C=O) groups is 1. The second-order valence-corrected chi connectivity index (χ2v) is 6.54. The van der Waals surface area contributed by atoms with Crippen molar-refractivity contribution in [3.8, 4) is 0 Å². The van der Waals surface area contributed by atoms with Gasteiger partial charge in [0.25, 0.3) is 0 Å². The second kappa shape index (κ2) is 5.38. The van der Waals surface area contributed by atoms with Crippen LogP contribution in [0.3, 0.4) is 0 Å². The van der Waals surface area contributed by atoms with Gasteiger partial charge in [-0.1, -0.05) is 26.2 Å². The number of thioether (sulfide) groups is 1. The van der Waals surface area contributed by atoms with Gasteiger partial charge in [0.1, 0.15) is 5.78 Å². The summed E-state index contributed by atoms with van der Waals surface area (Å²) < 4.78 is 0. The predicted octanol–water partition coefficient (Wildman–Crippen LogP) is 3.67. The Kier molecular flexibility index (Phi) is 4.13. The molecule has 1 nitrogen and oxygen atoms in total. The molecule has 1 saturated heterocycles. The summed E-state index contributed by atoms with van der Waals surface area (Å²) in [7, 11) is 0. The first-order valence-corrected chi connectivity index (χ1v) is 7.47. The largest absolute Gasteiger partial charge is 0.298 e. The third-order valence-electron chi connectivity index (χ3n) is 3.84. The Morgan fingerprint density at radius 3 is 2.67 bits per heavy atom. The van der Waals surface area contributed by atoms with Crippen LogP contribution in [0, 0.1) is 11.8 Å². The quantitative estimate of drug-likeness (QED) is 0.714. The van der Waals surface area contributed by atoms with E-state index in [2.05, 4.69) is 6.92 Å². The normalized spacial score (nSPS) is 37.5. The molecular weight excluding hydrogens is 204 g/mol. The van der Waals surface area contributed by atoms with Gasteiger partial charge in [-0.05, 0) is 37.4 Å². The zero-order chi connectivity index (χ0) is 10.7. The first-order valence-electron chi connectivity index (χ1n) is 6.42. The Labute approximate surface area is 97.4 Å². The van der Waals surface area contributed by atoms with E-state index in [1.54, 1.807) is 0 Å². The monoisotopic (exact) mass is 226 g/mol. The number of rotatable bonds is 2. The summed E-state index contributed by atoms with van der Waals surface area (Å²) in [6.45, 7) is 2.30. The topological polar surface area (TPSA) is 17.1 Å². The number of carbonyl (C=O) groups excluding carboxylic acids is 1. The molecule has 0 amide bonds. The fraction of sp³-hybridized carbons (Fsp3) is 0.923. The lowest BCUT2D eigenvalue weighted by molar-refractivity contribution is -0.123. The number of ketones is 1. The molecule has 3 unspecified atom stereocenters. The maximum absolute atomic E-state index is 12.3. The lowest BCUT2D eigenvalue weighted by Crippen LogP contribution is -2.31. The minimum absolute atomic E-state index is 0.356.